The SMILES string of the molecule is Cc1ccc(C(=O)c2oc3ccccc3c2NCC(=O)c2cccc(S(=O)(=O)N3CCCC3)c2)cc1F. The Morgan fingerprint density at radius 3 is 2.49 bits per heavy atom. The van der Waals surface area contributed by atoms with Gasteiger partial charge in [-0.25, -0.2) is 12.8 Å². The average molecular weight is 521 g/mol. The molecule has 1 saturated heterocycles. The second kappa shape index (κ2) is 9.91. The van der Waals surface area contributed by atoms with Crippen LogP contribution in [0.4, 0.5) is 10.1 Å². The molecule has 3 aromatic carbocycles. The van der Waals surface area contributed by atoms with Gasteiger partial charge in [0.1, 0.15) is 11.4 Å². The van der Waals surface area contributed by atoms with Gasteiger partial charge in [0.25, 0.3) is 0 Å². The van der Waals surface area contributed by atoms with Gasteiger partial charge in [-0.05, 0) is 55.7 Å². The van der Waals surface area contributed by atoms with E-state index in [1.807, 2.05) is 0 Å². The zero-order valence-corrected chi connectivity index (χ0v) is 21.0. The normalized spacial score (nSPS) is 14.2. The quantitative estimate of drug-likeness (QED) is 0.321. The molecule has 5 rings (SSSR count). The molecule has 190 valence electrons. The molecular weight excluding hydrogens is 495 g/mol. The van der Waals surface area contributed by atoms with E-state index in [-0.39, 0.29) is 34.1 Å². The highest BCUT2D eigenvalue weighted by atomic mass is 32.2. The Morgan fingerprint density at radius 2 is 1.73 bits per heavy atom. The van der Waals surface area contributed by atoms with Crippen LogP contribution >= 0.6 is 0 Å². The maximum absolute atomic E-state index is 14.1. The summed E-state index contributed by atoms with van der Waals surface area (Å²) in [7, 11) is -3.67. The van der Waals surface area contributed by atoms with Crippen LogP contribution in [0.1, 0.15) is 44.9 Å². The van der Waals surface area contributed by atoms with Gasteiger partial charge in [0.05, 0.1) is 17.1 Å². The summed E-state index contributed by atoms with van der Waals surface area (Å²) in [4.78, 5) is 26.4. The monoisotopic (exact) mass is 520 g/mol. The third kappa shape index (κ3) is 4.80. The van der Waals surface area contributed by atoms with E-state index in [2.05, 4.69) is 5.32 Å². The summed E-state index contributed by atoms with van der Waals surface area (Å²) >= 11 is 0. The number of Topliss-reactive ketones (excluding diaryl/α,β-unsaturated/α-hetero) is 1. The Hall–Kier alpha value is -3.82. The molecule has 2 heterocycles. The van der Waals surface area contributed by atoms with E-state index in [1.165, 1.54) is 28.6 Å². The van der Waals surface area contributed by atoms with Crippen LogP contribution in [0, 0.1) is 12.7 Å². The van der Waals surface area contributed by atoms with Crippen molar-refractivity contribution in [2.45, 2.75) is 24.7 Å². The van der Waals surface area contributed by atoms with Crippen LogP contribution < -0.4 is 5.32 Å². The second-order valence-corrected chi connectivity index (χ2v) is 10.9. The first-order valence-corrected chi connectivity index (χ1v) is 13.4. The fraction of sp³-hybridized carbons (Fsp3) is 0.214. The van der Waals surface area contributed by atoms with Crippen LogP contribution in [0.3, 0.4) is 0 Å². The van der Waals surface area contributed by atoms with Crippen LogP contribution in [0.25, 0.3) is 11.0 Å². The van der Waals surface area contributed by atoms with Crippen LogP contribution in [-0.2, 0) is 10.0 Å². The fourth-order valence-corrected chi connectivity index (χ4v) is 5.99. The lowest BCUT2D eigenvalue weighted by Crippen LogP contribution is -2.28. The minimum absolute atomic E-state index is 0.0392. The number of benzene rings is 3. The summed E-state index contributed by atoms with van der Waals surface area (Å²) in [5, 5.41) is 3.60. The van der Waals surface area contributed by atoms with Crippen LogP contribution in [0.15, 0.2) is 76.0 Å². The van der Waals surface area contributed by atoms with Gasteiger partial charge in [-0.15, -0.1) is 0 Å². The van der Waals surface area contributed by atoms with E-state index in [0.29, 0.717) is 35.3 Å². The molecule has 1 aliphatic rings. The molecule has 0 spiro atoms. The van der Waals surface area contributed by atoms with Crippen molar-refractivity contribution in [3.8, 4) is 0 Å². The second-order valence-electron chi connectivity index (χ2n) is 9.01. The van der Waals surface area contributed by atoms with Gasteiger partial charge in [-0.2, -0.15) is 4.31 Å². The molecule has 1 aliphatic heterocycles. The Labute approximate surface area is 213 Å². The summed E-state index contributed by atoms with van der Waals surface area (Å²) in [5.41, 5.74) is 1.52. The Balaban J connectivity index is 1.42. The molecule has 0 aliphatic carbocycles. The Kier molecular flexibility index (Phi) is 6.66. The Morgan fingerprint density at radius 1 is 0.973 bits per heavy atom. The molecule has 1 aromatic heterocycles. The summed E-state index contributed by atoms with van der Waals surface area (Å²) in [6.45, 7) is 2.34. The third-order valence-electron chi connectivity index (χ3n) is 6.52. The van der Waals surface area contributed by atoms with E-state index in [0.717, 1.165) is 18.9 Å². The predicted octanol–water partition coefficient (Wildman–Crippen LogP) is 5.19. The molecule has 0 atom stereocenters. The van der Waals surface area contributed by atoms with Crippen molar-refractivity contribution in [3.05, 3.63) is 95.0 Å². The van der Waals surface area contributed by atoms with Crippen LogP contribution in [0.5, 0.6) is 0 Å². The standard InChI is InChI=1S/C28H25FN2O5S/c1-18-11-12-20(16-23(18)29)27(33)28-26(22-9-2-3-10-25(22)36-28)30-17-24(32)19-7-6-8-21(15-19)37(34,35)31-13-4-5-14-31/h2-3,6-12,15-16,30H,4-5,13-14,17H2,1H3. The lowest BCUT2D eigenvalue weighted by atomic mass is 10.0. The third-order valence-corrected chi connectivity index (χ3v) is 8.41. The summed E-state index contributed by atoms with van der Waals surface area (Å²) in [5.74, 6) is -1.43. The summed E-state index contributed by atoms with van der Waals surface area (Å²) in [6.07, 6.45) is 1.63. The summed E-state index contributed by atoms with van der Waals surface area (Å²) in [6, 6.07) is 17.1. The molecule has 0 amide bonds. The van der Waals surface area contributed by atoms with Crippen molar-refractivity contribution in [1.82, 2.24) is 4.31 Å². The maximum Gasteiger partial charge on any atom is 0.243 e. The van der Waals surface area contributed by atoms with Gasteiger partial charge in [-0.1, -0.05) is 36.4 Å². The highest BCUT2D eigenvalue weighted by molar-refractivity contribution is 7.89. The molecule has 37 heavy (non-hydrogen) atoms. The number of halogens is 1. The number of sulfonamides is 1. The number of hydrogen-bond donors (Lipinski definition) is 1. The van der Waals surface area contributed by atoms with E-state index >= 15 is 0 Å². The minimum atomic E-state index is -3.67. The lowest BCUT2D eigenvalue weighted by Gasteiger charge is -2.16. The molecule has 0 bridgehead atoms. The molecule has 0 radical (unpaired) electrons. The van der Waals surface area contributed by atoms with Crippen LogP contribution in [-0.4, -0.2) is 43.9 Å². The molecule has 7 nitrogen and oxygen atoms in total. The number of anilines is 1. The van der Waals surface area contributed by atoms with Crippen molar-refractivity contribution in [2.75, 3.05) is 25.0 Å². The van der Waals surface area contributed by atoms with E-state index in [4.69, 9.17) is 4.42 Å². The molecule has 4 aromatic rings. The number of furan rings is 1. The first kappa shape index (κ1) is 24.9. The smallest absolute Gasteiger partial charge is 0.243 e. The Bertz CT molecular complexity index is 1620. The number of carbonyl (C=O) groups is 2. The first-order valence-electron chi connectivity index (χ1n) is 12.0. The lowest BCUT2D eigenvalue weighted by molar-refractivity contribution is 0.0997. The minimum Gasteiger partial charge on any atom is -0.450 e. The van der Waals surface area contributed by atoms with E-state index < -0.39 is 21.6 Å². The number of fused-ring (bicyclic) bond motifs is 1. The number of nitrogens with one attached hydrogen (secondary N) is 1. The number of nitrogens with zero attached hydrogens (tertiary/aromatic N) is 1. The topological polar surface area (TPSA) is 96.7 Å². The highest BCUT2D eigenvalue weighted by Crippen LogP contribution is 2.33. The van der Waals surface area contributed by atoms with Crippen molar-refractivity contribution >= 4 is 38.2 Å². The number of carbonyl (C=O) groups excluding carboxylic acids is 2. The number of para-hydroxylation sites is 1. The van der Waals surface area contributed by atoms with Gasteiger partial charge >= 0.3 is 0 Å². The van der Waals surface area contributed by atoms with E-state index in [1.54, 1.807) is 43.3 Å². The average Bonchev–Trinajstić information content (AvgIpc) is 3.58. The number of ketones is 2. The molecule has 1 N–H and O–H groups in total. The predicted molar refractivity (Wildman–Crippen MR) is 138 cm³/mol. The number of rotatable bonds is 8. The van der Waals surface area contributed by atoms with Crippen molar-refractivity contribution in [3.63, 3.8) is 0 Å². The van der Waals surface area contributed by atoms with Gasteiger partial charge in [-0.3, -0.25) is 9.59 Å². The van der Waals surface area contributed by atoms with Crippen molar-refractivity contribution < 1.29 is 26.8 Å². The van der Waals surface area contributed by atoms with Gasteiger partial charge in [0.2, 0.25) is 15.8 Å². The van der Waals surface area contributed by atoms with Crippen LogP contribution in [0.2, 0.25) is 0 Å². The molecule has 1 fully saturated rings. The van der Waals surface area contributed by atoms with Gasteiger partial charge in [0.15, 0.2) is 11.5 Å². The zero-order valence-electron chi connectivity index (χ0n) is 20.2. The molecular formula is C28H25FN2O5S. The molecule has 0 saturated carbocycles. The van der Waals surface area contributed by atoms with Crippen molar-refractivity contribution in [1.29, 1.82) is 0 Å². The highest BCUT2D eigenvalue weighted by Gasteiger charge is 2.28. The fourth-order valence-electron chi connectivity index (χ4n) is 4.42. The van der Waals surface area contributed by atoms with Gasteiger partial charge < -0.3 is 9.73 Å². The summed E-state index contributed by atoms with van der Waals surface area (Å²) < 4.78 is 47.2. The number of hydrogen-bond acceptors (Lipinski definition) is 6. The maximum atomic E-state index is 14.1. The zero-order chi connectivity index (χ0) is 26.2. The molecule has 0 unspecified atom stereocenters. The van der Waals surface area contributed by atoms with Gasteiger partial charge in [0, 0.05) is 29.6 Å². The first-order chi connectivity index (χ1) is 17.8. The van der Waals surface area contributed by atoms with Crippen molar-refractivity contribution in [2.24, 2.45) is 0 Å². The number of aryl methyl sites for hydroxylation is 1. The van der Waals surface area contributed by atoms with E-state index in [9.17, 15) is 22.4 Å². The largest absolute Gasteiger partial charge is 0.450 e. The molecule has 9 heteroatoms.